The monoisotopic (exact) mass is 359 g/mol. The lowest BCUT2D eigenvalue weighted by Gasteiger charge is -2.27. The number of rotatable bonds is 1. The first-order valence-corrected chi connectivity index (χ1v) is 7.93. The van der Waals surface area contributed by atoms with E-state index in [2.05, 4.69) is 0 Å². The lowest BCUT2D eigenvalue weighted by atomic mass is 10.0. The number of ketones is 1. The third-order valence-electron chi connectivity index (χ3n) is 4.17. The Morgan fingerprint density at radius 3 is 2.95 bits per heavy atom. The van der Waals surface area contributed by atoms with Crippen molar-refractivity contribution in [1.82, 2.24) is 4.57 Å². The number of benzene rings is 1. The number of carbonyl (C=O) groups is 1. The van der Waals surface area contributed by atoms with Crippen LogP contribution in [0.1, 0.15) is 18.0 Å². The second kappa shape index (κ2) is 5.04. The molecule has 3 heterocycles. The summed E-state index contributed by atoms with van der Waals surface area (Å²) in [5.74, 6) is -0.0979. The van der Waals surface area contributed by atoms with Gasteiger partial charge in [-0.05, 0) is 30.8 Å². The van der Waals surface area contributed by atoms with Gasteiger partial charge < -0.3 is 13.9 Å². The normalized spacial score (nSPS) is 27.8. The molecule has 116 valence electrons. The maximum absolute atomic E-state index is 12.0. The van der Waals surface area contributed by atoms with Crippen LogP contribution >= 0.6 is 35.4 Å². The van der Waals surface area contributed by atoms with E-state index in [0.29, 0.717) is 27.8 Å². The van der Waals surface area contributed by atoms with Crippen molar-refractivity contribution >= 4 is 52.3 Å². The molecule has 2 bridgehead atoms. The number of ether oxygens (including phenoxy) is 2. The molecule has 22 heavy (non-hydrogen) atoms. The summed E-state index contributed by atoms with van der Waals surface area (Å²) >= 11 is 17.8. The number of aromatic nitrogens is 1. The van der Waals surface area contributed by atoms with Gasteiger partial charge in [0.2, 0.25) is 6.29 Å². The third kappa shape index (κ3) is 1.98. The van der Waals surface area contributed by atoms with E-state index in [0.717, 1.165) is 5.56 Å². The summed E-state index contributed by atoms with van der Waals surface area (Å²) in [4.78, 5) is 12.3. The molecule has 3 atom stereocenters. The lowest BCUT2D eigenvalue weighted by molar-refractivity contribution is -0.156. The Morgan fingerprint density at radius 1 is 1.41 bits per heavy atom. The first kappa shape index (κ1) is 14.7. The molecule has 2 aromatic rings. The van der Waals surface area contributed by atoms with Gasteiger partial charge in [0.15, 0.2) is 11.4 Å². The second-order valence-electron chi connectivity index (χ2n) is 5.46. The minimum atomic E-state index is -0.747. The van der Waals surface area contributed by atoms with Gasteiger partial charge >= 0.3 is 0 Å². The van der Waals surface area contributed by atoms with E-state index in [1.807, 2.05) is 6.92 Å². The predicted molar refractivity (Wildman–Crippen MR) is 83.1 cm³/mol. The smallest absolute Gasteiger partial charge is 0.270 e. The maximum atomic E-state index is 12.0. The van der Waals surface area contributed by atoms with Crippen LogP contribution in [-0.2, 0) is 14.3 Å². The van der Waals surface area contributed by atoms with Crippen LogP contribution in [0.4, 0.5) is 0 Å². The molecule has 4 rings (SSSR count). The zero-order valence-electron chi connectivity index (χ0n) is 11.5. The Kier molecular flexibility index (Phi) is 3.36. The number of Topliss-reactive ketones (excluding diaryl/α,β-unsaturated/α-hetero) is 1. The minimum Gasteiger partial charge on any atom is -0.428 e. The van der Waals surface area contributed by atoms with E-state index in [-0.39, 0.29) is 29.2 Å². The average Bonchev–Trinajstić information content (AvgIpc) is 3.04. The molecular formula is C14H11Cl2NO4S. The van der Waals surface area contributed by atoms with Gasteiger partial charge in [-0.2, -0.15) is 0 Å². The molecule has 0 amide bonds. The van der Waals surface area contributed by atoms with Crippen LogP contribution in [0.15, 0.2) is 10.5 Å². The highest BCUT2D eigenvalue weighted by molar-refractivity contribution is 7.71. The summed E-state index contributed by atoms with van der Waals surface area (Å²) < 4.78 is 18.3. The summed E-state index contributed by atoms with van der Waals surface area (Å²) in [7, 11) is 0. The Balaban J connectivity index is 1.94. The fourth-order valence-corrected chi connectivity index (χ4v) is 3.79. The van der Waals surface area contributed by atoms with Gasteiger partial charge in [-0.15, -0.1) is 0 Å². The molecule has 2 fully saturated rings. The first-order valence-electron chi connectivity index (χ1n) is 6.77. The highest BCUT2D eigenvalue weighted by Gasteiger charge is 2.45. The van der Waals surface area contributed by atoms with Crippen LogP contribution in [0.5, 0.6) is 0 Å². The van der Waals surface area contributed by atoms with Crippen LogP contribution in [0.3, 0.4) is 0 Å². The van der Waals surface area contributed by atoms with Crippen molar-refractivity contribution in [3.63, 3.8) is 0 Å². The summed E-state index contributed by atoms with van der Waals surface area (Å²) in [5.41, 5.74) is 1.87. The fraction of sp³-hybridized carbons (Fsp3) is 0.429. The molecule has 0 radical (unpaired) electrons. The van der Waals surface area contributed by atoms with Gasteiger partial charge in [0.1, 0.15) is 6.10 Å². The second-order valence-corrected chi connectivity index (χ2v) is 6.60. The van der Waals surface area contributed by atoms with Crippen LogP contribution in [-0.4, -0.2) is 29.4 Å². The molecule has 0 saturated carbocycles. The van der Waals surface area contributed by atoms with Crippen molar-refractivity contribution in [2.75, 3.05) is 6.61 Å². The predicted octanol–water partition coefficient (Wildman–Crippen LogP) is 3.83. The molecule has 0 N–H and O–H groups in total. The van der Waals surface area contributed by atoms with Crippen molar-refractivity contribution in [2.45, 2.75) is 31.8 Å². The molecule has 0 unspecified atom stereocenters. The molecule has 1 aromatic heterocycles. The van der Waals surface area contributed by atoms with Crippen molar-refractivity contribution in [3.05, 3.63) is 26.5 Å². The molecule has 8 heteroatoms. The average molecular weight is 360 g/mol. The molecule has 2 aliphatic heterocycles. The fourth-order valence-electron chi connectivity index (χ4n) is 2.99. The summed E-state index contributed by atoms with van der Waals surface area (Å²) in [6.45, 7) is 2.16. The lowest BCUT2D eigenvalue weighted by Crippen LogP contribution is -2.37. The van der Waals surface area contributed by atoms with Crippen molar-refractivity contribution < 1.29 is 18.7 Å². The highest BCUT2D eigenvalue weighted by atomic mass is 35.5. The number of halogens is 2. The number of hydrogen-bond donors (Lipinski definition) is 0. The number of nitrogens with zero attached hydrogens (tertiary/aromatic N) is 1. The topological polar surface area (TPSA) is 53.6 Å². The minimum absolute atomic E-state index is 0.0979. The number of carbonyl (C=O) groups excluding carboxylic acids is 1. The van der Waals surface area contributed by atoms with Crippen LogP contribution < -0.4 is 0 Å². The SMILES string of the molecule is Cc1c(Cl)cc2c(oc(=S)n2[C@H]2CC(=O)[C@H]3OC[C@H]2O3)c1Cl. The van der Waals surface area contributed by atoms with E-state index in [1.54, 1.807) is 10.6 Å². The van der Waals surface area contributed by atoms with Crippen molar-refractivity contribution in [2.24, 2.45) is 0 Å². The van der Waals surface area contributed by atoms with Crippen molar-refractivity contribution in [3.8, 4) is 0 Å². The number of hydrogen-bond acceptors (Lipinski definition) is 5. The van der Waals surface area contributed by atoms with Gasteiger partial charge in [-0.25, -0.2) is 0 Å². The van der Waals surface area contributed by atoms with Crippen molar-refractivity contribution in [1.29, 1.82) is 0 Å². The quantitative estimate of drug-likeness (QED) is 0.724. The molecule has 0 spiro atoms. The Hall–Kier alpha value is -0.920. The first-order chi connectivity index (χ1) is 10.5. The van der Waals surface area contributed by atoms with E-state index in [9.17, 15) is 4.79 Å². The van der Waals surface area contributed by atoms with E-state index < -0.39 is 6.29 Å². The highest BCUT2D eigenvalue weighted by Crippen LogP contribution is 2.39. The van der Waals surface area contributed by atoms with Gasteiger partial charge in [-0.1, -0.05) is 23.2 Å². The van der Waals surface area contributed by atoms with E-state index in [1.165, 1.54) is 0 Å². The Morgan fingerprint density at radius 2 is 2.18 bits per heavy atom. The zero-order valence-corrected chi connectivity index (χ0v) is 13.8. The Bertz CT molecular complexity index is 859. The number of fused-ring (bicyclic) bond motifs is 3. The summed E-state index contributed by atoms with van der Waals surface area (Å²) in [6, 6.07) is 1.47. The summed E-state index contributed by atoms with van der Waals surface area (Å²) in [6.07, 6.45) is -0.710. The molecule has 2 aliphatic rings. The number of oxazole rings is 1. The van der Waals surface area contributed by atoms with Gasteiger partial charge in [0.05, 0.1) is 23.2 Å². The Labute approximate surface area is 140 Å². The largest absolute Gasteiger partial charge is 0.428 e. The van der Waals surface area contributed by atoms with E-state index in [4.69, 9.17) is 49.3 Å². The summed E-state index contributed by atoms with van der Waals surface area (Å²) in [5, 5.41) is 0.946. The van der Waals surface area contributed by atoms with Crippen LogP contribution in [0.2, 0.25) is 10.0 Å². The molecule has 2 saturated heterocycles. The molecule has 1 aromatic carbocycles. The van der Waals surface area contributed by atoms with Crippen LogP contribution in [0, 0.1) is 11.8 Å². The van der Waals surface area contributed by atoms with Crippen LogP contribution in [0.25, 0.3) is 11.1 Å². The van der Waals surface area contributed by atoms with Gasteiger partial charge in [-0.3, -0.25) is 9.36 Å². The van der Waals surface area contributed by atoms with Gasteiger partial charge in [0, 0.05) is 11.4 Å². The van der Waals surface area contributed by atoms with Gasteiger partial charge in [0.25, 0.3) is 4.84 Å². The molecule has 0 aliphatic carbocycles. The molecular weight excluding hydrogens is 349 g/mol. The third-order valence-corrected chi connectivity index (χ3v) is 5.30. The van der Waals surface area contributed by atoms with E-state index >= 15 is 0 Å². The molecule has 5 nitrogen and oxygen atoms in total. The standard InChI is InChI=1S/C14H11Cl2NO4S/c1-5-6(15)2-8-12(11(5)16)21-14(22)17(8)7-3-9(18)13-19-4-10(7)20-13/h2,7,10,13H,3-4H2,1H3/t7-,10+,13-/m0/s1. The zero-order chi connectivity index (χ0) is 15.6. The maximum Gasteiger partial charge on any atom is 0.270 e.